The number of hydrogen-bond acceptors (Lipinski definition) is 3. The number of fused-ring (bicyclic) bond motifs is 1. The molecule has 0 radical (unpaired) electrons. The first-order valence-corrected chi connectivity index (χ1v) is 8.00. The lowest BCUT2D eigenvalue weighted by molar-refractivity contribution is -0.127. The van der Waals surface area contributed by atoms with Gasteiger partial charge >= 0.3 is 0 Å². The fourth-order valence-corrected chi connectivity index (χ4v) is 2.62. The molecule has 3 aromatic rings. The van der Waals surface area contributed by atoms with Gasteiger partial charge in [0.05, 0.1) is 12.1 Å². The van der Waals surface area contributed by atoms with Gasteiger partial charge in [0.2, 0.25) is 5.91 Å². The van der Waals surface area contributed by atoms with E-state index in [2.05, 4.69) is 10.3 Å². The van der Waals surface area contributed by atoms with Gasteiger partial charge < -0.3 is 10.2 Å². The van der Waals surface area contributed by atoms with Gasteiger partial charge in [0, 0.05) is 26.0 Å². The molecule has 128 valence electrons. The van der Waals surface area contributed by atoms with E-state index in [4.69, 9.17) is 0 Å². The number of nitrogens with one attached hydrogen (secondary N) is 1. The molecule has 25 heavy (non-hydrogen) atoms. The van der Waals surface area contributed by atoms with Crippen molar-refractivity contribution in [2.75, 3.05) is 19.4 Å². The molecule has 6 nitrogen and oxygen atoms in total. The molecule has 1 N–H and O–H groups in total. The Morgan fingerprint density at radius 3 is 2.52 bits per heavy atom. The van der Waals surface area contributed by atoms with Crippen molar-refractivity contribution in [2.24, 2.45) is 0 Å². The number of imidazole rings is 1. The van der Waals surface area contributed by atoms with Crippen LogP contribution in [0.5, 0.6) is 0 Å². The van der Waals surface area contributed by atoms with Crippen molar-refractivity contribution in [1.82, 2.24) is 14.3 Å². The summed E-state index contributed by atoms with van der Waals surface area (Å²) < 4.78 is 1.77. The largest absolute Gasteiger partial charge is 0.349 e. The van der Waals surface area contributed by atoms with Crippen LogP contribution in [0.25, 0.3) is 5.65 Å². The molecule has 2 aromatic heterocycles. The average molecular weight is 336 g/mol. The molecule has 0 saturated heterocycles. The number of amides is 2. The Balaban J connectivity index is 1.77. The Hall–Kier alpha value is -3.15. The molecular weight excluding hydrogens is 316 g/mol. The summed E-state index contributed by atoms with van der Waals surface area (Å²) in [6.07, 6.45) is 2.16. The van der Waals surface area contributed by atoms with Crippen molar-refractivity contribution >= 4 is 23.1 Å². The van der Waals surface area contributed by atoms with Gasteiger partial charge in [0.25, 0.3) is 5.91 Å². The first kappa shape index (κ1) is 16.7. The summed E-state index contributed by atoms with van der Waals surface area (Å²) in [4.78, 5) is 30.3. The molecule has 0 aliphatic heterocycles. The van der Waals surface area contributed by atoms with Gasteiger partial charge in [-0.2, -0.15) is 0 Å². The van der Waals surface area contributed by atoms with E-state index in [9.17, 15) is 9.59 Å². The fraction of sp³-hybridized carbons (Fsp3) is 0.211. The van der Waals surface area contributed by atoms with Gasteiger partial charge in [0.15, 0.2) is 0 Å². The van der Waals surface area contributed by atoms with Crippen LogP contribution in [0.1, 0.15) is 21.7 Å². The standard InChI is InChI=1S/C19H20N4O2/c1-13-18(23-11-5-4-6-16(23)20-13)19(25)21-15-9-7-14(8-10-15)12-17(24)22(2)3/h4-11H,12H2,1-3H3,(H,21,25). The lowest BCUT2D eigenvalue weighted by Crippen LogP contribution is -2.23. The number of anilines is 1. The second kappa shape index (κ2) is 6.76. The van der Waals surface area contributed by atoms with E-state index in [1.54, 1.807) is 35.5 Å². The highest BCUT2D eigenvalue weighted by Crippen LogP contribution is 2.16. The van der Waals surface area contributed by atoms with Crippen LogP contribution < -0.4 is 5.32 Å². The van der Waals surface area contributed by atoms with Crippen molar-refractivity contribution in [3.63, 3.8) is 0 Å². The maximum absolute atomic E-state index is 12.6. The highest BCUT2D eigenvalue weighted by molar-refractivity contribution is 6.04. The fourth-order valence-electron chi connectivity index (χ4n) is 2.62. The molecule has 0 aliphatic rings. The SMILES string of the molecule is Cc1nc2ccccn2c1C(=O)Nc1ccc(CC(=O)N(C)C)cc1. The van der Waals surface area contributed by atoms with E-state index in [1.165, 1.54) is 0 Å². The van der Waals surface area contributed by atoms with E-state index < -0.39 is 0 Å². The van der Waals surface area contributed by atoms with Gasteiger partial charge in [-0.15, -0.1) is 0 Å². The second-order valence-corrected chi connectivity index (χ2v) is 6.09. The zero-order chi connectivity index (χ0) is 18.0. The van der Waals surface area contributed by atoms with Crippen LogP contribution in [0.4, 0.5) is 5.69 Å². The molecule has 0 unspecified atom stereocenters. The van der Waals surface area contributed by atoms with E-state index in [0.717, 1.165) is 11.2 Å². The Kier molecular flexibility index (Phi) is 4.52. The Morgan fingerprint density at radius 2 is 1.84 bits per heavy atom. The number of aryl methyl sites for hydroxylation is 1. The zero-order valence-corrected chi connectivity index (χ0v) is 14.5. The lowest BCUT2D eigenvalue weighted by Gasteiger charge is -2.11. The minimum absolute atomic E-state index is 0.0399. The number of likely N-dealkylation sites (N-methyl/N-ethyl adjacent to an activating group) is 1. The number of benzene rings is 1. The quantitative estimate of drug-likeness (QED) is 0.796. The normalized spacial score (nSPS) is 10.7. The minimum atomic E-state index is -0.215. The monoisotopic (exact) mass is 336 g/mol. The molecule has 0 saturated carbocycles. The summed E-state index contributed by atoms with van der Waals surface area (Å²) >= 11 is 0. The summed E-state index contributed by atoms with van der Waals surface area (Å²) in [5, 5.41) is 2.89. The van der Waals surface area contributed by atoms with Gasteiger partial charge in [-0.3, -0.25) is 14.0 Å². The second-order valence-electron chi connectivity index (χ2n) is 6.09. The summed E-state index contributed by atoms with van der Waals surface area (Å²) in [5.74, 6) is -0.175. The molecule has 2 amide bonds. The van der Waals surface area contributed by atoms with Crippen LogP contribution in [0.15, 0.2) is 48.7 Å². The minimum Gasteiger partial charge on any atom is -0.349 e. The van der Waals surface area contributed by atoms with Crippen LogP contribution in [-0.4, -0.2) is 40.2 Å². The number of carbonyl (C=O) groups excluding carboxylic acids is 2. The Morgan fingerprint density at radius 1 is 1.12 bits per heavy atom. The van der Waals surface area contributed by atoms with E-state index in [0.29, 0.717) is 23.5 Å². The molecule has 0 atom stereocenters. The van der Waals surface area contributed by atoms with Crippen molar-refractivity contribution in [3.05, 3.63) is 65.6 Å². The molecule has 1 aromatic carbocycles. The molecule has 3 rings (SSSR count). The third-order valence-corrected chi connectivity index (χ3v) is 3.99. The van der Waals surface area contributed by atoms with E-state index in [-0.39, 0.29) is 11.8 Å². The number of rotatable bonds is 4. The van der Waals surface area contributed by atoms with Gasteiger partial charge in [-0.05, 0) is 36.8 Å². The third kappa shape index (κ3) is 3.52. The highest BCUT2D eigenvalue weighted by atomic mass is 16.2. The molecule has 0 spiro atoms. The van der Waals surface area contributed by atoms with Crippen LogP contribution >= 0.6 is 0 Å². The number of aromatic nitrogens is 2. The predicted octanol–water partition coefficient (Wildman–Crippen LogP) is 2.53. The van der Waals surface area contributed by atoms with Crippen molar-refractivity contribution in [2.45, 2.75) is 13.3 Å². The molecule has 0 fully saturated rings. The first-order valence-electron chi connectivity index (χ1n) is 8.00. The summed E-state index contributed by atoms with van der Waals surface area (Å²) in [6, 6.07) is 12.9. The first-order chi connectivity index (χ1) is 12.0. The highest BCUT2D eigenvalue weighted by Gasteiger charge is 2.16. The molecule has 2 heterocycles. The van der Waals surface area contributed by atoms with Crippen LogP contribution in [0.2, 0.25) is 0 Å². The zero-order valence-electron chi connectivity index (χ0n) is 14.5. The maximum atomic E-state index is 12.6. The van der Waals surface area contributed by atoms with Gasteiger partial charge in [-0.1, -0.05) is 18.2 Å². The summed E-state index contributed by atoms with van der Waals surface area (Å²) in [6.45, 7) is 1.82. The molecule has 6 heteroatoms. The third-order valence-electron chi connectivity index (χ3n) is 3.99. The van der Waals surface area contributed by atoms with E-state index in [1.807, 2.05) is 43.5 Å². The maximum Gasteiger partial charge on any atom is 0.274 e. The van der Waals surface area contributed by atoms with Crippen LogP contribution in [-0.2, 0) is 11.2 Å². The Labute approximate surface area is 146 Å². The lowest BCUT2D eigenvalue weighted by atomic mass is 10.1. The average Bonchev–Trinajstić information content (AvgIpc) is 2.92. The number of pyridine rings is 1. The topological polar surface area (TPSA) is 66.7 Å². The van der Waals surface area contributed by atoms with Gasteiger partial charge in [0.1, 0.15) is 11.3 Å². The summed E-state index contributed by atoms with van der Waals surface area (Å²) in [5.41, 5.74) is 3.51. The number of hydrogen-bond donors (Lipinski definition) is 1. The predicted molar refractivity (Wildman–Crippen MR) is 96.7 cm³/mol. The Bertz CT molecular complexity index is 926. The van der Waals surface area contributed by atoms with Crippen LogP contribution in [0, 0.1) is 6.92 Å². The van der Waals surface area contributed by atoms with Gasteiger partial charge in [-0.25, -0.2) is 4.98 Å². The molecule has 0 aliphatic carbocycles. The molecular formula is C19H20N4O2. The van der Waals surface area contributed by atoms with E-state index >= 15 is 0 Å². The number of nitrogens with zero attached hydrogens (tertiary/aromatic N) is 3. The van der Waals surface area contributed by atoms with Crippen LogP contribution in [0.3, 0.4) is 0 Å². The summed E-state index contributed by atoms with van der Waals surface area (Å²) in [7, 11) is 3.46. The van der Waals surface area contributed by atoms with Crippen molar-refractivity contribution in [3.8, 4) is 0 Å². The number of carbonyl (C=O) groups is 2. The smallest absolute Gasteiger partial charge is 0.274 e. The molecule has 0 bridgehead atoms. The van der Waals surface area contributed by atoms with Crippen molar-refractivity contribution in [1.29, 1.82) is 0 Å². The van der Waals surface area contributed by atoms with Crippen molar-refractivity contribution < 1.29 is 9.59 Å².